The quantitative estimate of drug-likeness (QED) is 0.581. The van der Waals surface area contributed by atoms with Crippen LogP contribution in [0.1, 0.15) is 10.5 Å². The molecule has 0 saturated heterocycles. The molecule has 0 atom stereocenters. The minimum Gasteiger partial charge on any atom is -0.314 e. The lowest BCUT2D eigenvalue weighted by Crippen LogP contribution is -2.21. The Morgan fingerprint density at radius 1 is 1.06 bits per heavy atom. The third-order valence-corrected chi connectivity index (χ3v) is 3.11. The first-order chi connectivity index (χ1) is 8.39. The summed E-state index contributed by atoms with van der Waals surface area (Å²) in [5, 5.41) is 0.611. The van der Waals surface area contributed by atoms with E-state index in [1.54, 1.807) is 47.2 Å². The Kier molecular flexibility index (Phi) is 3.93. The molecule has 6 heteroatoms. The molecule has 0 radical (unpaired) electrons. The summed E-state index contributed by atoms with van der Waals surface area (Å²) in [4.78, 5) is 11.9. The summed E-state index contributed by atoms with van der Waals surface area (Å²) in [5.74, 6) is -0.576. The molecule has 0 saturated carbocycles. The number of carbonyl (C=O) groups is 1. The zero-order valence-electron chi connectivity index (χ0n) is 8.91. The number of benzene rings is 1. The highest BCUT2D eigenvalue weighted by Crippen LogP contribution is 2.31. The molecule has 0 aliphatic carbocycles. The fourth-order valence-electron chi connectivity index (χ4n) is 1.54. The van der Waals surface area contributed by atoms with Gasteiger partial charge in [-0.15, -0.1) is 0 Å². The summed E-state index contributed by atoms with van der Waals surface area (Å²) in [6, 6.07) is 10.3. The number of alkyl halides is 3. The lowest BCUT2D eigenvalue weighted by molar-refractivity contribution is 0.0990. The molecule has 0 aliphatic rings. The van der Waals surface area contributed by atoms with E-state index in [-0.39, 0.29) is 0 Å². The van der Waals surface area contributed by atoms with Gasteiger partial charge in [0, 0.05) is 16.9 Å². The van der Waals surface area contributed by atoms with Crippen molar-refractivity contribution in [3.8, 4) is 5.69 Å². The van der Waals surface area contributed by atoms with Gasteiger partial charge in [-0.3, -0.25) is 4.79 Å². The van der Waals surface area contributed by atoms with Gasteiger partial charge in [-0.1, -0.05) is 46.4 Å². The maximum absolute atomic E-state index is 11.9. The van der Waals surface area contributed by atoms with E-state index in [9.17, 15) is 4.79 Å². The third kappa shape index (κ3) is 2.83. The van der Waals surface area contributed by atoms with Crippen LogP contribution in [0.25, 0.3) is 5.69 Å². The van der Waals surface area contributed by atoms with Crippen LogP contribution in [0.15, 0.2) is 42.6 Å². The number of hydrogen-bond donors (Lipinski definition) is 0. The van der Waals surface area contributed by atoms with E-state index in [0.29, 0.717) is 10.7 Å². The Labute approximate surface area is 124 Å². The van der Waals surface area contributed by atoms with Crippen molar-refractivity contribution in [3.05, 3.63) is 53.3 Å². The van der Waals surface area contributed by atoms with Gasteiger partial charge in [-0.25, -0.2) is 0 Å². The maximum Gasteiger partial charge on any atom is 0.255 e. The van der Waals surface area contributed by atoms with Crippen LogP contribution in [0.4, 0.5) is 0 Å². The van der Waals surface area contributed by atoms with Crippen LogP contribution in [0.5, 0.6) is 0 Å². The number of ketones is 1. The largest absolute Gasteiger partial charge is 0.314 e. The third-order valence-electron chi connectivity index (χ3n) is 2.34. The number of nitrogens with zero attached hydrogens (tertiary/aromatic N) is 1. The average molecular weight is 323 g/mol. The van der Waals surface area contributed by atoms with Crippen LogP contribution in [-0.4, -0.2) is 14.1 Å². The summed E-state index contributed by atoms with van der Waals surface area (Å²) in [5.41, 5.74) is 1.07. The van der Waals surface area contributed by atoms with Crippen LogP contribution < -0.4 is 0 Å². The monoisotopic (exact) mass is 321 g/mol. The van der Waals surface area contributed by atoms with Gasteiger partial charge in [0.2, 0.25) is 5.78 Å². The van der Waals surface area contributed by atoms with Crippen molar-refractivity contribution in [2.75, 3.05) is 0 Å². The summed E-state index contributed by atoms with van der Waals surface area (Å²) in [6.45, 7) is 0. The van der Waals surface area contributed by atoms with Gasteiger partial charge >= 0.3 is 0 Å². The molecule has 2 rings (SSSR count). The molecule has 1 aromatic carbocycles. The number of carbonyl (C=O) groups excluding carboxylic acids is 1. The second kappa shape index (κ2) is 5.14. The lowest BCUT2D eigenvalue weighted by Gasteiger charge is -2.12. The van der Waals surface area contributed by atoms with Crippen molar-refractivity contribution < 1.29 is 4.79 Å². The highest BCUT2D eigenvalue weighted by atomic mass is 35.6. The summed E-state index contributed by atoms with van der Waals surface area (Å²) in [7, 11) is 0. The van der Waals surface area contributed by atoms with Gasteiger partial charge in [0.1, 0.15) is 0 Å². The van der Waals surface area contributed by atoms with E-state index < -0.39 is 9.58 Å². The molecular formula is C12H7Cl4NO. The molecule has 2 nitrogen and oxygen atoms in total. The molecule has 1 aromatic heterocycles. The Morgan fingerprint density at radius 2 is 1.67 bits per heavy atom. The van der Waals surface area contributed by atoms with Gasteiger partial charge in [0.15, 0.2) is 0 Å². The second-order valence-electron chi connectivity index (χ2n) is 3.57. The lowest BCUT2D eigenvalue weighted by atomic mass is 10.2. The predicted molar refractivity (Wildman–Crippen MR) is 75.4 cm³/mol. The van der Waals surface area contributed by atoms with Crippen LogP contribution in [0, 0.1) is 0 Å². The second-order valence-corrected chi connectivity index (χ2v) is 6.28. The van der Waals surface area contributed by atoms with Crippen LogP contribution >= 0.6 is 46.4 Å². The summed E-state index contributed by atoms with van der Waals surface area (Å²) in [6.07, 6.45) is 1.72. The van der Waals surface area contributed by atoms with Crippen LogP contribution in [0.2, 0.25) is 5.02 Å². The topological polar surface area (TPSA) is 22.0 Å². The molecule has 0 spiro atoms. The van der Waals surface area contributed by atoms with Gasteiger partial charge in [0.25, 0.3) is 3.79 Å². The molecule has 2 aromatic rings. The fourth-order valence-corrected chi connectivity index (χ4v) is 1.95. The normalized spacial score (nSPS) is 11.6. The number of hydrogen-bond acceptors (Lipinski definition) is 1. The Morgan fingerprint density at radius 3 is 2.22 bits per heavy atom. The number of halogens is 4. The smallest absolute Gasteiger partial charge is 0.255 e. The highest BCUT2D eigenvalue weighted by Gasteiger charge is 2.33. The van der Waals surface area contributed by atoms with Gasteiger partial charge in [0.05, 0.1) is 5.69 Å². The average Bonchev–Trinajstić information content (AvgIpc) is 2.76. The molecule has 0 aliphatic heterocycles. The van der Waals surface area contributed by atoms with E-state index in [1.807, 2.05) is 0 Å². The first kappa shape index (κ1) is 13.8. The molecule has 18 heavy (non-hydrogen) atoms. The molecular weight excluding hydrogens is 316 g/mol. The highest BCUT2D eigenvalue weighted by molar-refractivity contribution is 6.77. The van der Waals surface area contributed by atoms with Crippen LogP contribution in [0.3, 0.4) is 0 Å². The molecule has 0 unspecified atom stereocenters. The van der Waals surface area contributed by atoms with Gasteiger partial charge < -0.3 is 4.57 Å². The molecule has 0 amide bonds. The summed E-state index contributed by atoms with van der Waals surface area (Å²) >= 11 is 22.6. The number of aromatic nitrogens is 1. The van der Waals surface area contributed by atoms with E-state index >= 15 is 0 Å². The van der Waals surface area contributed by atoms with Crippen molar-refractivity contribution in [1.82, 2.24) is 4.57 Å². The van der Waals surface area contributed by atoms with Crippen molar-refractivity contribution in [2.45, 2.75) is 3.79 Å². The zero-order chi connectivity index (χ0) is 13.3. The van der Waals surface area contributed by atoms with E-state index in [4.69, 9.17) is 46.4 Å². The van der Waals surface area contributed by atoms with Crippen molar-refractivity contribution in [2.24, 2.45) is 0 Å². The number of Topliss-reactive ketones (excluding diaryl/α,β-unsaturated/α-hetero) is 1. The summed E-state index contributed by atoms with van der Waals surface area (Å²) < 4.78 is -0.330. The molecule has 94 valence electrons. The Hall–Kier alpha value is -0.670. The first-order valence-electron chi connectivity index (χ1n) is 4.94. The molecule has 0 bridgehead atoms. The minimum atomic E-state index is -1.97. The van der Waals surface area contributed by atoms with Crippen molar-refractivity contribution >= 4 is 52.2 Å². The van der Waals surface area contributed by atoms with E-state index in [1.165, 1.54) is 0 Å². The van der Waals surface area contributed by atoms with E-state index in [0.717, 1.165) is 5.69 Å². The fraction of sp³-hybridized carbons (Fsp3) is 0.0833. The minimum absolute atomic E-state index is 0.303. The standard InChI is InChI=1S/C12H7Cl4NO/c13-8-3-5-9(6-4-8)17-7-1-2-10(17)11(18)12(14,15)16/h1-7H. The maximum atomic E-state index is 11.9. The van der Waals surface area contributed by atoms with Gasteiger partial charge in [-0.05, 0) is 36.4 Å². The predicted octanol–water partition coefficient (Wildman–Crippen LogP) is 4.68. The van der Waals surface area contributed by atoms with Crippen molar-refractivity contribution in [3.63, 3.8) is 0 Å². The van der Waals surface area contributed by atoms with Crippen molar-refractivity contribution in [1.29, 1.82) is 0 Å². The SMILES string of the molecule is O=C(c1cccn1-c1ccc(Cl)cc1)C(Cl)(Cl)Cl. The van der Waals surface area contributed by atoms with E-state index in [2.05, 4.69) is 0 Å². The zero-order valence-corrected chi connectivity index (χ0v) is 11.9. The van der Waals surface area contributed by atoms with Gasteiger partial charge in [-0.2, -0.15) is 0 Å². The molecule has 0 N–H and O–H groups in total. The first-order valence-corrected chi connectivity index (χ1v) is 6.45. The Bertz CT molecular complexity index is 569. The number of rotatable bonds is 2. The Balaban J connectivity index is 2.45. The molecule has 1 heterocycles. The van der Waals surface area contributed by atoms with Crippen LogP contribution in [-0.2, 0) is 0 Å². The molecule has 0 fully saturated rings.